The third kappa shape index (κ3) is 3.27. The fraction of sp³-hybridized carbons (Fsp3) is 0.158. The third-order valence-electron chi connectivity index (χ3n) is 4.39. The topological polar surface area (TPSA) is 83.0 Å². The van der Waals surface area contributed by atoms with E-state index in [2.05, 4.69) is 10.1 Å². The van der Waals surface area contributed by atoms with Crippen LogP contribution in [0.2, 0.25) is 5.02 Å². The average molecular weight is 383 g/mol. The van der Waals surface area contributed by atoms with Crippen LogP contribution >= 0.6 is 11.6 Å². The summed E-state index contributed by atoms with van der Waals surface area (Å²) in [4.78, 5) is 18.2. The number of hydrogen-bond donors (Lipinski definition) is 0. The van der Waals surface area contributed by atoms with Gasteiger partial charge in [0.2, 0.25) is 5.91 Å². The zero-order valence-electron chi connectivity index (χ0n) is 13.9. The van der Waals surface area contributed by atoms with Gasteiger partial charge in [0, 0.05) is 24.4 Å². The van der Waals surface area contributed by atoms with E-state index in [4.69, 9.17) is 21.4 Å². The lowest BCUT2D eigenvalue weighted by Gasteiger charge is -2.17. The number of rotatable bonds is 3. The molecule has 1 unspecified atom stereocenters. The molecule has 1 amide bonds. The Balaban J connectivity index is 1.57. The second-order valence-electron chi connectivity index (χ2n) is 6.15. The molecule has 1 fully saturated rings. The summed E-state index contributed by atoms with van der Waals surface area (Å²) in [6, 6.07) is 12.7. The number of amides is 1. The van der Waals surface area contributed by atoms with Crippen molar-refractivity contribution in [3.8, 4) is 17.5 Å². The van der Waals surface area contributed by atoms with Crippen LogP contribution in [-0.2, 0) is 4.79 Å². The summed E-state index contributed by atoms with van der Waals surface area (Å²) < 4.78 is 18.8. The summed E-state index contributed by atoms with van der Waals surface area (Å²) in [5, 5.41) is 13.1. The molecular weight excluding hydrogens is 371 g/mol. The number of nitrogens with zero attached hydrogens (tertiary/aromatic N) is 4. The molecule has 1 aliphatic rings. The molecule has 0 spiro atoms. The van der Waals surface area contributed by atoms with Crippen LogP contribution in [0.25, 0.3) is 11.5 Å². The van der Waals surface area contributed by atoms with E-state index in [1.54, 1.807) is 24.3 Å². The van der Waals surface area contributed by atoms with Crippen molar-refractivity contribution in [2.24, 2.45) is 0 Å². The molecule has 1 aromatic heterocycles. The normalized spacial score (nSPS) is 16.6. The van der Waals surface area contributed by atoms with Gasteiger partial charge in [0.05, 0.1) is 22.3 Å². The molecule has 27 heavy (non-hydrogen) atoms. The first kappa shape index (κ1) is 17.2. The molecule has 2 aromatic carbocycles. The molecule has 3 aromatic rings. The van der Waals surface area contributed by atoms with Crippen molar-refractivity contribution in [3.05, 3.63) is 64.7 Å². The molecule has 2 heterocycles. The average Bonchev–Trinajstić information content (AvgIpc) is 3.31. The number of hydrogen-bond acceptors (Lipinski definition) is 5. The lowest BCUT2D eigenvalue weighted by Crippen LogP contribution is -2.24. The Hall–Kier alpha value is -3.24. The van der Waals surface area contributed by atoms with Crippen molar-refractivity contribution in [1.29, 1.82) is 5.26 Å². The Morgan fingerprint density at radius 2 is 2.04 bits per heavy atom. The second kappa shape index (κ2) is 6.82. The molecule has 1 atom stereocenters. The second-order valence-corrected chi connectivity index (χ2v) is 6.56. The molecular formula is C19H12ClFN4O2. The van der Waals surface area contributed by atoms with Crippen LogP contribution in [0.5, 0.6) is 0 Å². The van der Waals surface area contributed by atoms with E-state index >= 15 is 0 Å². The minimum atomic E-state index is -0.465. The number of halogens is 2. The molecule has 0 saturated carbocycles. The van der Waals surface area contributed by atoms with E-state index in [9.17, 15) is 9.18 Å². The number of benzene rings is 2. The first-order valence-electron chi connectivity index (χ1n) is 8.14. The Labute approximate surface area is 158 Å². The van der Waals surface area contributed by atoms with Gasteiger partial charge in [-0.25, -0.2) is 4.39 Å². The largest absolute Gasteiger partial charge is 0.334 e. The van der Waals surface area contributed by atoms with Crippen LogP contribution in [-0.4, -0.2) is 22.6 Å². The molecule has 0 N–H and O–H groups in total. The van der Waals surface area contributed by atoms with Crippen molar-refractivity contribution in [1.82, 2.24) is 10.1 Å². The van der Waals surface area contributed by atoms with Crippen LogP contribution in [0.3, 0.4) is 0 Å². The van der Waals surface area contributed by atoms with Gasteiger partial charge >= 0.3 is 0 Å². The number of carbonyl (C=O) groups excluding carboxylic acids is 1. The Bertz CT molecular complexity index is 1060. The molecule has 0 radical (unpaired) electrons. The minimum Gasteiger partial charge on any atom is -0.334 e. The van der Waals surface area contributed by atoms with Crippen molar-refractivity contribution >= 4 is 23.2 Å². The van der Waals surface area contributed by atoms with Gasteiger partial charge in [0.15, 0.2) is 5.82 Å². The van der Waals surface area contributed by atoms with Crippen molar-refractivity contribution in [3.63, 3.8) is 0 Å². The van der Waals surface area contributed by atoms with Gasteiger partial charge in [0.25, 0.3) is 5.89 Å². The summed E-state index contributed by atoms with van der Waals surface area (Å²) in [6.45, 7) is 0.286. The highest BCUT2D eigenvalue weighted by molar-refractivity contribution is 6.33. The van der Waals surface area contributed by atoms with E-state index in [1.807, 2.05) is 6.07 Å². The van der Waals surface area contributed by atoms with E-state index < -0.39 is 5.82 Å². The standard InChI is InChI=1S/C19H12ClFN4O2/c20-15-6-5-14(21)8-16(15)25-10-13(7-17(25)26)18-23-19(27-24-18)12-3-1-11(9-22)2-4-12/h1-6,8,13H,7,10H2. The summed E-state index contributed by atoms with van der Waals surface area (Å²) >= 11 is 6.11. The van der Waals surface area contributed by atoms with Crippen molar-refractivity contribution in [2.45, 2.75) is 12.3 Å². The lowest BCUT2D eigenvalue weighted by molar-refractivity contribution is -0.117. The van der Waals surface area contributed by atoms with Crippen LogP contribution in [0, 0.1) is 17.1 Å². The van der Waals surface area contributed by atoms with Gasteiger partial charge < -0.3 is 9.42 Å². The fourth-order valence-electron chi connectivity index (χ4n) is 3.01. The van der Waals surface area contributed by atoms with E-state index in [-0.39, 0.29) is 24.8 Å². The van der Waals surface area contributed by atoms with E-state index in [0.29, 0.717) is 33.6 Å². The van der Waals surface area contributed by atoms with Crippen molar-refractivity contribution < 1.29 is 13.7 Å². The summed E-state index contributed by atoms with van der Waals surface area (Å²) in [7, 11) is 0. The molecule has 8 heteroatoms. The summed E-state index contributed by atoms with van der Waals surface area (Å²) in [5.41, 5.74) is 1.55. The van der Waals surface area contributed by atoms with Crippen LogP contribution < -0.4 is 4.90 Å². The predicted molar refractivity (Wildman–Crippen MR) is 95.6 cm³/mol. The zero-order chi connectivity index (χ0) is 19.0. The molecule has 0 aliphatic carbocycles. The highest BCUT2D eigenvalue weighted by atomic mass is 35.5. The highest BCUT2D eigenvalue weighted by Gasteiger charge is 2.35. The molecule has 134 valence electrons. The first-order chi connectivity index (χ1) is 13.0. The highest BCUT2D eigenvalue weighted by Crippen LogP contribution is 2.35. The zero-order valence-corrected chi connectivity index (χ0v) is 14.7. The fourth-order valence-corrected chi connectivity index (χ4v) is 3.23. The van der Waals surface area contributed by atoms with Crippen molar-refractivity contribution in [2.75, 3.05) is 11.4 Å². The van der Waals surface area contributed by atoms with E-state index in [0.717, 1.165) is 0 Å². The predicted octanol–water partition coefficient (Wildman–Crippen LogP) is 3.92. The van der Waals surface area contributed by atoms with Gasteiger partial charge in [0.1, 0.15) is 5.82 Å². The Morgan fingerprint density at radius 3 is 2.78 bits per heavy atom. The molecule has 1 aliphatic heterocycles. The SMILES string of the molecule is N#Cc1ccc(-c2nc(C3CC(=O)N(c4cc(F)ccc4Cl)C3)no2)cc1. The monoisotopic (exact) mass is 382 g/mol. The minimum absolute atomic E-state index is 0.180. The number of anilines is 1. The third-order valence-corrected chi connectivity index (χ3v) is 4.71. The van der Waals surface area contributed by atoms with E-state index in [1.165, 1.54) is 23.1 Å². The van der Waals surface area contributed by atoms with Gasteiger partial charge in [-0.15, -0.1) is 0 Å². The maximum absolute atomic E-state index is 13.5. The smallest absolute Gasteiger partial charge is 0.257 e. The van der Waals surface area contributed by atoms with Crippen LogP contribution in [0.4, 0.5) is 10.1 Å². The van der Waals surface area contributed by atoms with Gasteiger partial charge in [-0.3, -0.25) is 4.79 Å². The molecule has 6 nitrogen and oxygen atoms in total. The Morgan fingerprint density at radius 1 is 1.26 bits per heavy atom. The quantitative estimate of drug-likeness (QED) is 0.685. The molecule has 0 bridgehead atoms. The molecule has 1 saturated heterocycles. The molecule has 4 rings (SSSR count). The maximum Gasteiger partial charge on any atom is 0.257 e. The summed E-state index contributed by atoms with van der Waals surface area (Å²) in [5.74, 6) is -0.222. The van der Waals surface area contributed by atoms with Gasteiger partial charge in [-0.1, -0.05) is 16.8 Å². The van der Waals surface area contributed by atoms with Gasteiger partial charge in [-0.2, -0.15) is 10.2 Å². The number of carbonyl (C=O) groups is 1. The van der Waals surface area contributed by atoms with Gasteiger partial charge in [-0.05, 0) is 42.5 Å². The Kier molecular flexibility index (Phi) is 4.34. The van der Waals surface area contributed by atoms with Crippen LogP contribution in [0.1, 0.15) is 23.7 Å². The van der Waals surface area contributed by atoms with Crippen LogP contribution in [0.15, 0.2) is 47.0 Å². The first-order valence-corrected chi connectivity index (χ1v) is 8.52. The number of nitriles is 1. The maximum atomic E-state index is 13.5. The lowest BCUT2D eigenvalue weighted by atomic mass is 10.1. The summed E-state index contributed by atoms with van der Waals surface area (Å²) in [6.07, 6.45) is 0.180. The number of aromatic nitrogens is 2.